The van der Waals surface area contributed by atoms with Crippen molar-refractivity contribution in [1.29, 1.82) is 0 Å². The number of fused-ring (bicyclic) bond motifs is 3. The lowest BCUT2D eigenvalue weighted by molar-refractivity contribution is 0.174. The van der Waals surface area contributed by atoms with Crippen LogP contribution >= 0.6 is 12.2 Å². The fourth-order valence-electron chi connectivity index (χ4n) is 4.49. The predicted octanol–water partition coefficient (Wildman–Crippen LogP) is 3.58. The molecule has 0 amide bonds. The fourth-order valence-corrected chi connectivity index (χ4v) is 4.61. The van der Waals surface area contributed by atoms with E-state index in [2.05, 4.69) is 36.6 Å². The number of hydrogen-bond donors (Lipinski definition) is 2. The average molecular weight is 359 g/mol. The van der Waals surface area contributed by atoms with Crippen LogP contribution in [0.4, 0.5) is 0 Å². The molecule has 4 rings (SSSR count). The summed E-state index contributed by atoms with van der Waals surface area (Å²) in [5.74, 6) is 2.33. The van der Waals surface area contributed by atoms with Crippen molar-refractivity contribution in [2.75, 3.05) is 6.79 Å². The van der Waals surface area contributed by atoms with Crippen molar-refractivity contribution in [1.82, 2.24) is 10.7 Å². The van der Waals surface area contributed by atoms with Crippen LogP contribution in [0.5, 0.6) is 11.5 Å². The molecule has 3 aliphatic rings. The molecule has 2 bridgehead atoms. The van der Waals surface area contributed by atoms with Gasteiger partial charge in [0.2, 0.25) is 6.79 Å². The van der Waals surface area contributed by atoms with Gasteiger partial charge in [-0.15, -0.1) is 0 Å². The molecular formula is C19H25N3O2S. The van der Waals surface area contributed by atoms with Gasteiger partial charge in [0.15, 0.2) is 16.6 Å². The SMILES string of the molecule is CC1(C)[C@@H]2CC[C@]1(C)/C(=N/NC(=S)NCc1ccc3c(c1)OCO3)C2. The second kappa shape index (κ2) is 5.87. The number of thiocarbonyl (C=S) groups is 1. The first-order valence-electron chi connectivity index (χ1n) is 8.89. The molecule has 1 aromatic carbocycles. The van der Waals surface area contributed by atoms with E-state index in [-0.39, 0.29) is 5.41 Å². The van der Waals surface area contributed by atoms with E-state index in [9.17, 15) is 0 Å². The summed E-state index contributed by atoms with van der Waals surface area (Å²) in [7, 11) is 0. The molecule has 6 heteroatoms. The summed E-state index contributed by atoms with van der Waals surface area (Å²) >= 11 is 5.38. The highest BCUT2D eigenvalue weighted by Crippen LogP contribution is 2.63. The molecule has 1 aromatic rings. The summed E-state index contributed by atoms with van der Waals surface area (Å²) in [6.45, 7) is 8.02. The third-order valence-corrected chi connectivity index (χ3v) is 6.93. The lowest BCUT2D eigenvalue weighted by Gasteiger charge is -2.34. The summed E-state index contributed by atoms with van der Waals surface area (Å²) in [4.78, 5) is 0. The maximum atomic E-state index is 5.40. The first-order valence-corrected chi connectivity index (χ1v) is 9.30. The minimum atomic E-state index is 0.192. The van der Waals surface area contributed by atoms with Crippen molar-refractivity contribution < 1.29 is 9.47 Å². The molecule has 5 nitrogen and oxygen atoms in total. The van der Waals surface area contributed by atoms with E-state index in [0.29, 0.717) is 23.9 Å². The van der Waals surface area contributed by atoms with Crippen molar-refractivity contribution >= 4 is 23.0 Å². The Labute approximate surface area is 154 Å². The van der Waals surface area contributed by atoms with Crippen LogP contribution in [0.1, 0.15) is 45.6 Å². The molecule has 0 saturated heterocycles. The van der Waals surface area contributed by atoms with Gasteiger partial charge >= 0.3 is 0 Å². The second-order valence-electron chi connectivity index (χ2n) is 8.03. The van der Waals surface area contributed by atoms with E-state index in [1.807, 2.05) is 18.2 Å². The summed E-state index contributed by atoms with van der Waals surface area (Å²) in [6.07, 6.45) is 3.62. The highest BCUT2D eigenvalue weighted by atomic mass is 32.1. The third kappa shape index (κ3) is 2.67. The van der Waals surface area contributed by atoms with Gasteiger partial charge in [-0.05, 0) is 60.5 Å². The van der Waals surface area contributed by atoms with Gasteiger partial charge < -0.3 is 14.8 Å². The summed E-state index contributed by atoms with van der Waals surface area (Å²) in [5, 5.41) is 8.42. The zero-order chi connectivity index (χ0) is 17.7. The van der Waals surface area contributed by atoms with Gasteiger partial charge in [0.05, 0.1) is 0 Å². The Morgan fingerprint density at radius 2 is 2.08 bits per heavy atom. The average Bonchev–Trinajstić information content (AvgIpc) is 3.19. The number of hydrazone groups is 1. The Hall–Kier alpha value is -1.82. The van der Waals surface area contributed by atoms with Crippen molar-refractivity contribution in [2.45, 2.75) is 46.6 Å². The minimum Gasteiger partial charge on any atom is -0.454 e. The van der Waals surface area contributed by atoms with E-state index in [0.717, 1.165) is 29.4 Å². The largest absolute Gasteiger partial charge is 0.454 e. The Bertz CT molecular complexity index is 746. The summed E-state index contributed by atoms with van der Waals surface area (Å²) < 4.78 is 10.7. The van der Waals surface area contributed by atoms with E-state index in [4.69, 9.17) is 21.7 Å². The van der Waals surface area contributed by atoms with E-state index in [1.165, 1.54) is 18.6 Å². The van der Waals surface area contributed by atoms with Gasteiger partial charge in [0.25, 0.3) is 0 Å². The maximum absolute atomic E-state index is 5.40. The molecule has 1 heterocycles. The van der Waals surface area contributed by atoms with Gasteiger partial charge in [0.1, 0.15) is 0 Å². The zero-order valence-electron chi connectivity index (χ0n) is 15.0. The molecular weight excluding hydrogens is 334 g/mol. The van der Waals surface area contributed by atoms with E-state index >= 15 is 0 Å². The molecule has 1 aliphatic heterocycles. The smallest absolute Gasteiger partial charge is 0.231 e. The first kappa shape index (κ1) is 16.6. The molecule has 2 saturated carbocycles. The maximum Gasteiger partial charge on any atom is 0.231 e. The molecule has 0 spiro atoms. The molecule has 2 N–H and O–H groups in total. The van der Waals surface area contributed by atoms with Crippen LogP contribution in [0.3, 0.4) is 0 Å². The Kier molecular flexibility index (Phi) is 3.90. The van der Waals surface area contributed by atoms with Crippen LogP contribution in [0.15, 0.2) is 23.3 Å². The van der Waals surface area contributed by atoms with Crippen LogP contribution < -0.4 is 20.2 Å². The normalized spacial score (nSPS) is 29.9. The summed E-state index contributed by atoms with van der Waals surface area (Å²) in [6, 6.07) is 5.91. The molecule has 2 fully saturated rings. The zero-order valence-corrected chi connectivity index (χ0v) is 15.8. The number of ether oxygens (including phenoxy) is 2. The van der Waals surface area contributed by atoms with Gasteiger partial charge in [-0.2, -0.15) is 5.10 Å². The van der Waals surface area contributed by atoms with Crippen molar-refractivity contribution in [3.8, 4) is 11.5 Å². The first-order chi connectivity index (χ1) is 11.9. The second-order valence-corrected chi connectivity index (χ2v) is 8.44. The van der Waals surface area contributed by atoms with Crippen molar-refractivity contribution in [3.63, 3.8) is 0 Å². The van der Waals surface area contributed by atoms with Crippen LogP contribution in [0.2, 0.25) is 0 Å². The van der Waals surface area contributed by atoms with Gasteiger partial charge in [-0.3, -0.25) is 5.43 Å². The summed E-state index contributed by atoms with van der Waals surface area (Å²) in [5.41, 5.74) is 5.92. The lowest BCUT2D eigenvalue weighted by atomic mass is 9.70. The number of rotatable bonds is 3. The van der Waals surface area contributed by atoms with Crippen LogP contribution in [-0.2, 0) is 6.54 Å². The van der Waals surface area contributed by atoms with Crippen LogP contribution in [-0.4, -0.2) is 17.6 Å². The number of nitrogens with one attached hydrogen (secondary N) is 2. The number of hydrogen-bond acceptors (Lipinski definition) is 4. The number of benzene rings is 1. The molecule has 0 aromatic heterocycles. The molecule has 2 aliphatic carbocycles. The monoisotopic (exact) mass is 359 g/mol. The lowest BCUT2D eigenvalue weighted by Crippen LogP contribution is -2.36. The highest BCUT2D eigenvalue weighted by molar-refractivity contribution is 7.80. The fraction of sp³-hybridized carbons (Fsp3) is 0.579. The quantitative estimate of drug-likeness (QED) is 0.638. The van der Waals surface area contributed by atoms with Gasteiger partial charge in [-0.1, -0.05) is 26.8 Å². The number of nitrogens with zero attached hydrogens (tertiary/aromatic N) is 1. The van der Waals surface area contributed by atoms with Crippen molar-refractivity contribution in [3.05, 3.63) is 23.8 Å². The van der Waals surface area contributed by atoms with Crippen LogP contribution in [0, 0.1) is 16.7 Å². The van der Waals surface area contributed by atoms with E-state index in [1.54, 1.807) is 0 Å². The Morgan fingerprint density at radius 3 is 2.80 bits per heavy atom. The molecule has 25 heavy (non-hydrogen) atoms. The van der Waals surface area contributed by atoms with Crippen LogP contribution in [0.25, 0.3) is 0 Å². The van der Waals surface area contributed by atoms with Gasteiger partial charge in [-0.25, -0.2) is 0 Å². The standard InChI is InChI=1S/C19H25N3O2S/c1-18(2)13-6-7-19(18,3)16(9-13)21-22-17(25)20-10-12-4-5-14-15(8-12)24-11-23-14/h4-5,8,13H,6-7,9-11H2,1-3H3,(H2,20,22,25)/b21-16+/t13-,19-/m1/s1. The molecule has 0 radical (unpaired) electrons. The Balaban J connectivity index is 1.34. The van der Waals surface area contributed by atoms with Gasteiger partial charge in [0, 0.05) is 17.7 Å². The third-order valence-electron chi connectivity index (χ3n) is 6.69. The van der Waals surface area contributed by atoms with Crippen molar-refractivity contribution in [2.24, 2.45) is 21.8 Å². The molecule has 0 unspecified atom stereocenters. The molecule has 134 valence electrons. The predicted molar refractivity (Wildman–Crippen MR) is 102 cm³/mol. The van der Waals surface area contributed by atoms with E-state index < -0.39 is 0 Å². The Morgan fingerprint density at radius 1 is 1.28 bits per heavy atom. The topological polar surface area (TPSA) is 54.9 Å². The highest BCUT2D eigenvalue weighted by Gasteiger charge is 2.59. The molecule has 2 atom stereocenters. The minimum absolute atomic E-state index is 0.192.